The number of nitrogens with zero attached hydrogens (tertiary/aromatic N) is 4. The zero-order chi connectivity index (χ0) is 16.9. The summed E-state index contributed by atoms with van der Waals surface area (Å²) in [5, 5.41) is 6.06. The molecule has 0 spiro atoms. The molecule has 2 aromatic heterocycles. The van der Waals surface area contributed by atoms with Crippen molar-refractivity contribution in [2.45, 2.75) is 32.3 Å². The standard InChI is InChI=1S/C16H19N5O3/c1-2-11-8-17-16(18-9-11)24-12-4-3-7-21(10-12)15(23)13-5-6-14(22)20-19-13/h5-6,8-9,12H,2-4,7,10H2,1H3,(H,20,22). The second-order valence-electron chi connectivity index (χ2n) is 5.67. The molecule has 1 N–H and O–H groups in total. The van der Waals surface area contributed by atoms with E-state index in [1.807, 2.05) is 6.92 Å². The van der Waals surface area contributed by atoms with E-state index in [0.717, 1.165) is 24.8 Å². The van der Waals surface area contributed by atoms with E-state index in [4.69, 9.17) is 4.74 Å². The Bertz CT molecular complexity index is 739. The van der Waals surface area contributed by atoms with Gasteiger partial charge in [-0.2, -0.15) is 5.10 Å². The molecule has 1 unspecified atom stereocenters. The van der Waals surface area contributed by atoms with Crippen molar-refractivity contribution in [2.24, 2.45) is 0 Å². The van der Waals surface area contributed by atoms with Crippen LogP contribution in [-0.4, -0.2) is 50.2 Å². The highest BCUT2D eigenvalue weighted by atomic mass is 16.5. The van der Waals surface area contributed by atoms with E-state index in [-0.39, 0.29) is 23.3 Å². The molecule has 1 atom stereocenters. The van der Waals surface area contributed by atoms with Crippen LogP contribution in [0.5, 0.6) is 6.01 Å². The number of ether oxygens (including phenoxy) is 1. The largest absolute Gasteiger partial charge is 0.458 e. The van der Waals surface area contributed by atoms with Crippen LogP contribution in [0.15, 0.2) is 29.3 Å². The van der Waals surface area contributed by atoms with Crippen LogP contribution < -0.4 is 10.3 Å². The number of rotatable bonds is 4. The summed E-state index contributed by atoms with van der Waals surface area (Å²) in [6.07, 6.45) is 5.88. The first-order valence-electron chi connectivity index (χ1n) is 7.98. The fraction of sp³-hybridized carbons (Fsp3) is 0.438. The fourth-order valence-electron chi connectivity index (χ4n) is 2.58. The van der Waals surface area contributed by atoms with E-state index in [1.54, 1.807) is 17.3 Å². The van der Waals surface area contributed by atoms with Gasteiger partial charge in [0.2, 0.25) is 0 Å². The highest BCUT2D eigenvalue weighted by molar-refractivity contribution is 5.92. The number of likely N-dealkylation sites (tertiary alicyclic amines) is 1. The van der Waals surface area contributed by atoms with Crippen molar-refractivity contribution in [3.63, 3.8) is 0 Å². The summed E-state index contributed by atoms with van der Waals surface area (Å²) >= 11 is 0. The summed E-state index contributed by atoms with van der Waals surface area (Å²) < 4.78 is 5.80. The molecule has 24 heavy (non-hydrogen) atoms. The summed E-state index contributed by atoms with van der Waals surface area (Å²) in [5.41, 5.74) is 0.935. The van der Waals surface area contributed by atoms with Crippen molar-refractivity contribution in [1.82, 2.24) is 25.1 Å². The van der Waals surface area contributed by atoms with Crippen LogP contribution in [0.3, 0.4) is 0 Å². The minimum atomic E-state index is -0.334. The third-order valence-electron chi connectivity index (χ3n) is 3.93. The third kappa shape index (κ3) is 3.76. The first-order chi connectivity index (χ1) is 11.7. The van der Waals surface area contributed by atoms with Gasteiger partial charge in [0.15, 0.2) is 0 Å². The van der Waals surface area contributed by atoms with Gasteiger partial charge in [-0.3, -0.25) is 9.59 Å². The van der Waals surface area contributed by atoms with Crippen molar-refractivity contribution >= 4 is 5.91 Å². The first kappa shape index (κ1) is 16.1. The van der Waals surface area contributed by atoms with Crippen molar-refractivity contribution in [2.75, 3.05) is 13.1 Å². The Kier molecular flexibility index (Phi) is 4.83. The van der Waals surface area contributed by atoms with Crippen molar-refractivity contribution in [3.8, 4) is 6.01 Å². The zero-order valence-corrected chi connectivity index (χ0v) is 13.4. The summed E-state index contributed by atoms with van der Waals surface area (Å²) in [5.74, 6) is -0.221. The molecule has 1 saturated heterocycles. The van der Waals surface area contributed by atoms with E-state index in [1.165, 1.54) is 12.1 Å². The molecular weight excluding hydrogens is 310 g/mol. The second kappa shape index (κ2) is 7.20. The Hall–Kier alpha value is -2.77. The molecule has 3 rings (SSSR count). The third-order valence-corrected chi connectivity index (χ3v) is 3.93. The van der Waals surface area contributed by atoms with Crippen LogP contribution in [0.1, 0.15) is 35.8 Å². The molecule has 0 radical (unpaired) electrons. The molecule has 8 nitrogen and oxygen atoms in total. The topological polar surface area (TPSA) is 101 Å². The Balaban J connectivity index is 1.64. The van der Waals surface area contributed by atoms with E-state index in [9.17, 15) is 9.59 Å². The highest BCUT2D eigenvalue weighted by Crippen LogP contribution is 2.17. The lowest BCUT2D eigenvalue weighted by atomic mass is 10.1. The minimum Gasteiger partial charge on any atom is -0.458 e. The van der Waals surface area contributed by atoms with E-state index in [0.29, 0.717) is 19.1 Å². The maximum absolute atomic E-state index is 12.4. The SMILES string of the molecule is CCc1cnc(OC2CCCN(C(=O)c3ccc(=O)[nH]n3)C2)nc1. The average molecular weight is 329 g/mol. The van der Waals surface area contributed by atoms with Crippen molar-refractivity contribution in [1.29, 1.82) is 0 Å². The molecule has 0 saturated carbocycles. The van der Waals surface area contributed by atoms with Crippen LogP contribution in [0.25, 0.3) is 0 Å². The molecule has 1 fully saturated rings. The lowest BCUT2D eigenvalue weighted by Crippen LogP contribution is -2.45. The van der Waals surface area contributed by atoms with Crippen LogP contribution >= 0.6 is 0 Å². The summed E-state index contributed by atoms with van der Waals surface area (Å²) in [6, 6.07) is 3.05. The van der Waals surface area contributed by atoms with Gasteiger partial charge in [-0.25, -0.2) is 15.1 Å². The van der Waals surface area contributed by atoms with Gasteiger partial charge in [0.25, 0.3) is 11.5 Å². The van der Waals surface area contributed by atoms with E-state index >= 15 is 0 Å². The predicted molar refractivity (Wildman–Crippen MR) is 85.8 cm³/mol. The number of H-pyrrole nitrogens is 1. The monoisotopic (exact) mass is 329 g/mol. The van der Waals surface area contributed by atoms with Gasteiger partial charge < -0.3 is 9.64 Å². The number of aryl methyl sites for hydroxylation is 1. The van der Waals surface area contributed by atoms with Gasteiger partial charge in [-0.1, -0.05) is 6.92 Å². The molecule has 3 heterocycles. The van der Waals surface area contributed by atoms with E-state index in [2.05, 4.69) is 20.2 Å². The molecule has 2 aromatic rings. The molecule has 1 aliphatic heterocycles. The lowest BCUT2D eigenvalue weighted by molar-refractivity contribution is 0.0509. The van der Waals surface area contributed by atoms with Gasteiger partial charge in [0, 0.05) is 25.0 Å². The Morgan fingerprint density at radius 2 is 2.17 bits per heavy atom. The molecule has 126 valence electrons. The molecule has 8 heteroatoms. The predicted octanol–water partition coefficient (Wildman–Crippen LogP) is 0.806. The maximum Gasteiger partial charge on any atom is 0.316 e. The quantitative estimate of drug-likeness (QED) is 0.890. The van der Waals surface area contributed by atoms with Gasteiger partial charge in [-0.05, 0) is 30.9 Å². The number of hydrogen-bond acceptors (Lipinski definition) is 6. The van der Waals surface area contributed by atoms with Crippen LogP contribution in [0.2, 0.25) is 0 Å². The average Bonchev–Trinajstić information content (AvgIpc) is 2.63. The molecule has 0 aliphatic carbocycles. The van der Waals surface area contributed by atoms with Gasteiger partial charge in [0.1, 0.15) is 11.8 Å². The summed E-state index contributed by atoms with van der Waals surface area (Å²) in [6.45, 7) is 3.11. The summed E-state index contributed by atoms with van der Waals surface area (Å²) in [4.78, 5) is 33.6. The normalized spacial score (nSPS) is 17.5. The number of carbonyl (C=O) groups excluding carboxylic acids is 1. The van der Waals surface area contributed by atoms with Crippen molar-refractivity contribution < 1.29 is 9.53 Å². The lowest BCUT2D eigenvalue weighted by Gasteiger charge is -2.32. The molecule has 1 amide bonds. The maximum atomic E-state index is 12.4. The van der Waals surface area contributed by atoms with Gasteiger partial charge >= 0.3 is 6.01 Å². The number of hydrogen-bond donors (Lipinski definition) is 1. The Labute approximate surface area is 138 Å². The summed E-state index contributed by atoms with van der Waals surface area (Å²) in [7, 11) is 0. The number of carbonyl (C=O) groups is 1. The zero-order valence-electron chi connectivity index (χ0n) is 13.4. The van der Waals surface area contributed by atoms with Crippen LogP contribution in [-0.2, 0) is 6.42 Å². The van der Waals surface area contributed by atoms with Gasteiger partial charge in [0.05, 0.1) is 6.54 Å². The molecule has 0 bridgehead atoms. The fourth-order valence-corrected chi connectivity index (χ4v) is 2.58. The van der Waals surface area contributed by atoms with Crippen molar-refractivity contribution in [3.05, 3.63) is 46.1 Å². The van der Waals surface area contributed by atoms with Gasteiger partial charge in [-0.15, -0.1) is 0 Å². The Morgan fingerprint density at radius 1 is 1.38 bits per heavy atom. The number of nitrogens with one attached hydrogen (secondary N) is 1. The van der Waals surface area contributed by atoms with Crippen LogP contribution in [0.4, 0.5) is 0 Å². The first-order valence-corrected chi connectivity index (χ1v) is 7.98. The number of amides is 1. The second-order valence-corrected chi connectivity index (χ2v) is 5.67. The number of piperidine rings is 1. The minimum absolute atomic E-state index is 0.155. The van der Waals surface area contributed by atoms with Crippen LogP contribution in [0, 0.1) is 0 Å². The number of aromatic amines is 1. The molecule has 1 aliphatic rings. The highest BCUT2D eigenvalue weighted by Gasteiger charge is 2.27. The molecule has 0 aromatic carbocycles. The number of aromatic nitrogens is 4. The Morgan fingerprint density at radius 3 is 2.83 bits per heavy atom. The smallest absolute Gasteiger partial charge is 0.316 e. The molecular formula is C16H19N5O3. The van der Waals surface area contributed by atoms with E-state index < -0.39 is 0 Å².